The van der Waals surface area contributed by atoms with E-state index in [2.05, 4.69) is 5.32 Å². The molecule has 2 rings (SSSR count). The van der Waals surface area contributed by atoms with Crippen LogP contribution >= 0.6 is 0 Å². The topological polar surface area (TPSA) is 75.4 Å². The molecule has 1 aromatic rings. The number of nitrogens with zero attached hydrogens (tertiary/aromatic N) is 1. The highest BCUT2D eigenvalue weighted by Gasteiger charge is 2.16. The summed E-state index contributed by atoms with van der Waals surface area (Å²) < 4.78 is 0. The lowest BCUT2D eigenvalue weighted by Crippen LogP contribution is -2.38. The van der Waals surface area contributed by atoms with Crippen molar-refractivity contribution in [3.05, 3.63) is 35.4 Å². The van der Waals surface area contributed by atoms with Crippen LogP contribution in [0.5, 0.6) is 0 Å². The standard InChI is InChI=1S/C16H23N3O2/c1-19(15(20)10-18-14-4-2-3-5-14)11-12-6-8-13(9-7-12)16(17)21/h6-9,14,18H,2-5,10-11H2,1H3,(H2,17,21). The predicted octanol–water partition coefficient (Wildman–Crippen LogP) is 1.28. The molecule has 1 aliphatic rings. The molecule has 0 aromatic heterocycles. The minimum Gasteiger partial charge on any atom is -0.366 e. The fourth-order valence-corrected chi connectivity index (χ4v) is 2.63. The summed E-state index contributed by atoms with van der Waals surface area (Å²) in [6, 6.07) is 7.53. The Kier molecular flexibility index (Phi) is 5.33. The molecule has 5 nitrogen and oxygen atoms in total. The first-order valence-electron chi connectivity index (χ1n) is 7.42. The van der Waals surface area contributed by atoms with Crippen LogP contribution in [0.15, 0.2) is 24.3 Å². The summed E-state index contributed by atoms with van der Waals surface area (Å²) >= 11 is 0. The molecule has 1 saturated carbocycles. The van der Waals surface area contributed by atoms with Crippen LogP contribution < -0.4 is 11.1 Å². The van der Waals surface area contributed by atoms with Gasteiger partial charge in [-0.3, -0.25) is 9.59 Å². The SMILES string of the molecule is CN(Cc1ccc(C(N)=O)cc1)C(=O)CNC1CCCC1. The molecule has 0 atom stereocenters. The van der Waals surface area contributed by atoms with Crippen LogP contribution in [0.4, 0.5) is 0 Å². The van der Waals surface area contributed by atoms with Gasteiger partial charge >= 0.3 is 0 Å². The third kappa shape index (κ3) is 4.56. The van der Waals surface area contributed by atoms with E-state index in [1.54, 1.807) is 24.1 Å². The normalized spacial score (nSPS) is 15.1. The number of primary amides is 1. The van der Waals surface area contributed by atoms with Gasteiger partial charge in [-0.2, -0.15) is 0 Å². The molecule has 0 bridgehead atoms. The van der Waals surface area contributed by atoms with Gasteiger partial charge in [-0.25, -0.2) is 0 Å². The molecule has 1 aliphatic carbocycles. The lowest BCUT2D eigenvalue weighted by molar-refractivity contribution is -0.129. The summed E-state index contributed by atoms with van der Waals surface area (Å²) in [5.41, 5.74) is 6.67. The summed E-state index contributed by atoms with van der Waals surface area (Å²) in [6.07, 6.45) is 4.86. The monoisotopic (exact) mass is 289 g/mol. The summed E-state index contributed by atoms with van der Waals surface area (Å²) in [6.45, 7) is 0.921. The zero-order valence-corrected chi connectivity index (χ0v) is 12.5. The van der Waals surface area contributed by atoms with Gasteiger partial charge in [0.15, 0.2) is 0 Å². The largest absolute Gasteiger partial charge is 0.366 e. The Balaban J connectivity index is 1.80. The third-order valence-corrected chi connectivity index (χ3v) is 3.98. The van der Waals surface area contributed by atoms with Gasteiger partial charge in [0.2, 0.25) is 11.8 Å². The van der Waals surface area contributed by atoms with Crippen molar-refractivity contribution in [1.82, 2.24) is 10.2 Å². The van der Waals surface area contributed by atoms with Crippen LogP contribution in [0.25, 0.3) is 0 Å². The molecule has 21 heavy (non-hydrogen) atoms. The quantitative estimate of drug-likeness (QED) is 0.828. The van der Waals surface area contributed by atoms with Crippen molar-refractivity contribution in [3.63, 3.8) is 0 Å². The van der Waals surface area contributed by atoms with Crippen LogP contribution in [0.1, 0.15) is 41.6 Å². The fraction of sp³-hybridized carbons (Fsp3) is 0.500. The van der Waals surface area contributed by atoms with Crippen molar-refractivity contribution < 1.29 is 9.59 Å². The smallest absolute Gasteiger partial charge is 0.248 e. The van der Waals surface area contributed by atoms with E-state index in [1.807, 2.05) is 12.1 Å². The van der Waals surface area contributed by atoms with E-state index in [4.69, 9.17) is 5.73 Å². The molecular formula is C16H23N3O2. The van der Waals surface area contributed by atoms with Gasteiger partial charge in [-0.15, -0.1) is 0 Å². The van der Waals surface area contributed by atoms with Crippen molar-refractivity contribution in [2.45, 2.75) is 38.3 Å². The second-order valence-electron chi connectivity index (χ2n) is 5.67. The molecular weight excluding hydrogens is 266 g/mol. The van der Waals surface area contributed by atoms with Crippen LogP contribution in [-0.2, 0) is 11.3 Å². The van der Waals surface area contributed by atoms with Crippen LogP contribution in [0.3, 0.4) is 0 Å². The number of carbonyl (C=O) groups excluding carboxylic acids is 2. The van der Waals surface area contributed by atoms with E-state index in [9.17, 15) is 9.59 Å². The first kappa shape index (κ1) is 15.5. The maximum atomic E-state index is 12.1. The van der Waals surface area contributed by atoms with Crippen LogP contribution in [0.2, 0.25) is 0 Å². The minimum atomic E-state index is -0.438. The van der Waals surface area contributed by atoms with Crippen molar-refractivity contribution in [1.29, 1.82) is 0 Å². The Morgan fingerprint density at radius 2 is 1.86 bits per heavy atom. The number of amides is 2. The summed E-state index contributed by atoms with van der Waals surface area (Å²) in [5.74, 6) is -0.354. The molecule has 0 saturated heterocycles. The molecule has 0 aliphatic heterocycles. The van der Waals surface area contributed by atoms with Crippen molar-refractivity contribution in [2.24, 2.45) is 5.73 Å². The molecule has 1 fully saturated rings. The molecule has 1 aromatic carbocycles. The Labute approximate surface area is 125 Å². The number of hydrogen-bond acceptors (Lipinski definition) is 3. The average Bonchev–Trinajstić information content (AvgIpc) is 2.98. The maximum absolute atomic E-state index is 12.1. The highest BCUT2D eigenvalue weighted by atomic mass is 16.2. The fourth-order valence-electron chi connectivity index (χ4n) is 2.63. The highest BCUT2D eigenvalue weighted by molar-refractivity contribution is 5.92. The molecule has 0 heterocycles. The van der Waals surface area contributed by atoms with Gasteiger partial charge in [0.1, 0.15) is 0 Å². The number of nitrogens with two attached hydrogens (primary N) is 1. The van der Waals surface area contributed by atoms with Crippen molar-refractivity contribution >= 4 is 11.8 Å². The van der Waals surface area contributed by atoms with E-state index in [0.717, 1.165) is 5.56 Å². The zero-order valence-electron chi connectivity index (χ0n) is 12.5. The molecule has 2 amide bonds. The van der Waals surface area contributed by atoms with Crippen molar-refractivity contribution in [2.75, 3.05) is 13.6 Å². The van der Waals surface area contributed by atoms with E-state index in [-0.39, 0.29) is 5.91 Å². The minimum absolute atomic E-state index is 0.0841. The van der Waals surface area contributed by atoms with Gasteiger partial charge < -0.3 is 16.0 Å². The maximum Gasteiger partial charge on any atom is 0.248 e. The van der Waals surface area contributed by atoms with Crippen molar-refractivity contribution in [3.8, 4) is 0 Å². The van der Waals surface area contributed by atoms with E-state index >= 15 is 0 Å². The molecule has 0 spiro atoms. The number of nitrogens with one attached hydrogen (secondary N) is 1. The van der Waals surface area contributed by atoms with E-state index < -0.39 is 5.91 Å². The summed E-state index contributed by atoms with van der Waals surface area (Å²) in [5, 5.41) is 3.32. The molecule has 3 N–H and O–H groups in total. The number of likely N-dealkylation sites (N-methyl/N-ethyl adjacent to an activating group) is 1. The highest BCUT2D eigenvalue weighted by Crippen LogP contribution is 2.17. The Morgan fingerprint density at radius 1 is 1.24 bits per heavy atom. The van der Waals surface area contributed by atoms with Gasteiger partial charge in [0.05, 0.1) is 6.54 Å². The van der Waals surface area contributed by atoms with Gasteiger partial charge in [-0.05, 0) is 30.5 Å². The van der Waals surface area contributed by atoms with Gasteiger partial charge in [-0.1, -0.05) is 25.0 Å². The molecule has 114 valence electrons. The third-order valence-electron chi connectivity index (χ3n) is 3.98. The first-order chi connectivity index (χ1) is 10.1. The predicted molar refractivity (Wildman–Crippen MR) is 81.7 cm³/mol. The average molecular weight is 289 g/mol. The lowest BCUT2D eigenvalue weighted by Gasteiger charge is -2.19. The Morgan fingerprint density at radius 3 is 2.43 bits per heavy atom. The number of carbonyl (C=O) groups is 2. The summed E-state index contributed by atoms with van der Waals surface area (Å²) in [7, 11) is 1.79. The number of hydrogen-bond donors (Lipinski definition) is 2. The van der Waals surface area contributed by atoms with Gasteiger partial charge in [0, 0.05) is 25.2 Å². The lowest BCUT2D eigenvalue weighted by atomic mass is 10.1. The van der Waals surface area contributed by atoms with Crippen LogP contribution in [0, 0.1) is 0 Å². The molecule has 0 unspecified atom stereocenters. The second kappa shape index (κ2) is 7.22. The second-order valence-corrected chi connectivity index (χ2v) is 5.67. The zero-order chi connectivity index (χ0) is 15.2. The van der Waals surface area contributed by atoms with E-state index in [0.29, 0.717) is 24.7 Å². The first-order valence-corrected chi connectivity index (χ1v) is 7.42. The number of rotatable bonds is 6. The Hall–Kier alpha value is -1.88. The molecule has 5 heteroatoms. The number of benzene rings is 1. The van der Waals surface area contributed by atoms with E-state index in [1.165, 1.54) is 25.7 Å². The van der Waals surface area contributed by atoms with Crippen LogP contribution in [-0.4, -0.2) is 36.3 Å². The van der Waals surface area contributed by atoms with Gasteiger partial charge in [0.25, 0.3) is 0 Å². The Bertz CT molecular complexity index is 493. The summed E-state index contributed by atoms with van der Waals surface area (Å²) in [4.78, 5) is 24.8. The molecule has 0 radical (unpaired) electrons.